The Morgan fingerprint density at radius 1 is 0.893 bits per heavy atom. The number of primary amides is 1. The summed E-state index contributed by atoms with van der Waals surface area (Å²) in [5, 5.41) is 2.84. The molecule has 0 saturated carbocycles. The first-order chi connectivity index (χ1) is 13.5. The highest BCUT2D eigenvalue weighted by Gasteiger charge is 2.11. The molecule has 0 fully saturated rings. The van der Waals surface area contributed by atoms with Crippen molar-refractivity contribution in [2.75, 3.05) is 23.8 Å². The number of para-hydroxylation sites is 1. The van der Waals surface area contributed by atoms with E-state index in [2.05, 4.69) is 34.5 Å². The lowest BCUT2D eigenvalue weighted by Gasteiger charge is -2.22. The SMILES string of the molecule is CN(CCC(=O)Nc1ccc(C(N)=O)cc1)c1ccccc1-c1ccccc1. The Morgan fingerprint density at radius 3 is 2.21 bits per heavy atom. The van der Waals surface area contributed by atoms with Gasteiger partial charge in [-0.05, 0) is 35.9 Å². The monoisotopic (exact) mass is 373 g/mol. The molecule has 0 heterocycles. The fourth-order valence-corrected chi connectivity index (χ4v) is 3.00. The smallest absolute Gasteiger partial charge is 0.248 e. The molecule has 0 bridgehead atoms. The Balaban J connectivity index is 1.62. The van der Waals surface area contributed by atoms with Crippen LogP contribution in [0.3, 0.4) is 0 Å². The highest BCUT2D eigenvalue weighted by molar-refractivity contribution is 5.95. The number of hydrogen-bond donors (Lipinski definition) is 2. The van der Waals surface area contributed by atoms with Gasteiger partial charge in [-0.15, -0.1) is 0 Å². The van der Waals surface area contributed by atoms with Crippen LogP contribution in [0.25, 0.3) is 11.1 Å². The van der Waals surface area contributed by atoms with E-state index in [4.69, 9.17) is 5.73 Å². The minimum atomic E-state index is -0.489. The maximum Gasteiger partial charge on any atom is 0.248 e. The lowest BCUT2D eigenvalue weighted by atomic mass is 10.0. The molecule has 0 atom stereocenters. The number of hydrogen-bond acceptors (Lipinski definition) is 3. The van der Waals surface area contributed by atoms with Crippen LogP contribution in [0.1, 0.15) is 16.8 Å². The van der Waals surface area contributed by atoms with Crippen LogP contribution in [0.15, 0.2) is 78.9 Å². The minimum Gasteiger partial charge on any atom is -0.374 e. The second-order valence-electron chi connectivity index (χ2n) is 6.54. The first-order valence-electron chi connectivity index (χ1n) is 9.10. The lowest BCUT2D eigenvalue weighted by Crippen LogP contribution is -2.24. The number of amides is 2. The van der Waals surface area contributed by atoms with Gasteiger partial charge in [0.25, 0.3) is 0 Å². The second kappa shape index (κ2) is 8.86. The van der Waals surface area contributed by atoms with Crippen LogP contribution in [-0.4, -0.2) is 25.4 Å². The Hall–Kier alpha value is -3.60. The standard InChI is InChI=1S/C23H23N3O2/c1-26(21-10-6-5-9-20(21)17-7-3-2-4-8-17)16-15-22(27)25-19-13-11-18(12-14-19)23(24)28/h2-14H,15-16H2,1H3,(H2,24,28)(H,25,27). The molecule has 0 radical (unpaired) electrons. The number of carbonyl (C=O) groups is 2. The zero-order valence-corrected chi connectivity index (χ0v) is 15.8. The van der Waals surface area contributed by atoms with E-state index >= 15 is 0 Å². The van der Waals surface area contributed by atoms with Crippen molar-refractivity contribution in [2.45, 2.75) is 6.42 Å². The van der Waals surface area contributed by atoms with E-state index in [-0.39, 0.29) is 5.91 Å². The van der Waals surface area contributed by atoms with Crippen molar-refractivity contribution in [3.8, 4) is 11.1 Å². The van der Waals surface area contributed by atoms with Gasteiger partial charge >= 0.3 is 0 Å². The molecule has 0 aliphatic carbocycles. The van der Waals surface area contributed by atoms with Gasteiger partial charge in [0.2, 0.25) is 11.8 Å². The van der Waals surface area contributed by atoms with E-state index < -0.39 is 5.91 Å². The Morgan fingerprint density at radius 2 is 1.54 bits per heavy atom. The van der Waals surface area contributed by atoms with Crippen LogP contribution in [-0.2, 0) is 4.79 Å². The summed E-state index contributed by atoms with van der Waals surface area (Å²) in [5.41, 5.74) is 9.63. The molecule has 142 valence electrons. The fourth-order valence-electron chi connectivity index (χ4n) is 3.00. The number of nitrogens with zero attached hydrogens (tertiary/aromatic N) is 1. The fraction of sp³-hybridized carbons (Fsp3) is 0.130. The van der Waals surface area contributed by atoms with E-state index in [1.807, 2.05) is 37.4 Å². The number of benzene rings is 3. The number of anilines is 2. The van der Waals surface area contributed by atoms with Gasteiger partial charge in [-0.2, -0.15) is 0 Å². The summed E-state index contributed by atoms with van der Waals surface area (Å²) in [4.78, 5) is 25.5. The third kappa shape index (κ3) is 4.76. The van der Waals surface area contributed by atoms with Gasteiger partial charge in [-0.25, -0.2) is 0 Å². The first-order valence-corrected chi connectivity index (χ1v) is 9.10. The molecule has 0 saturated heterocycles. The van der Waals surface area contributed by atoms with Crippen LogP contribution in [0.5, 0.6) is 0 Å². The average Bonchev–Trinajstić information content (AvgIpc) is 2.73. The Kier molecular flexibility index (Phi) is 6.07. The summed E-state index contributed by atoms with van der Waals surface area (Å²) in [6, 6.07) is 24.9. The molecule has 0 aliphatic heterocycles. The molecule has 0 spiro atoms. The van der Waals surface area contributed by atoms with E-state index in [1.165, 1.54) is 0 Å². The van der Waals surface area contributed by atoms with Gasteiger partial charge in [0, 0.05) is 42.5 Å². The average molecular weight is 373 g/mol. The van der Waals surface area contributed by atoms with Crippen molar-refractivity contribution in [1.82, 2.24) is 0 Å². The summed E-state index contributed by atoms with van der Waals surface area (Å²) in [6.45, 7) is 0.578. The summed E-state index contributed by atoms with van der Waals surface area (Å²) < 4.78 is 0. The predicted molar refractivity (Wildman–Crippen MR) is 113 cm³/mol. The molecule has 0 aromatic heterocycles. The number of carbonyl (C=O) groups excluding carboxylic acids is 2. The van der Waals surface area contributed by atoms with Crippen molar-refractivity contribution in [3.63, 3.8) is 0 Å². The van der Waals surface area contributed by atoms with Crippen molar-refractivity contribution < 1.29 is 9.59 Å². The quantitative estimate of drug-likeness (QED) is 0.659. The summed E-state index contributed by atoms with van der Waals surface area (Å²) in [6.07, 6.45) is 0.344. The van der Waals surface area contributed by atoms with Gasteiger partial charge in [0.05, 0.1) is 0 Å². The second-order valence-corrected chi connectivity index (χ2v) is 6.54. The molecular formula is C23H23N3O2. The molecule has 3 aromatic rings. The van der Waals surface area contributed by atoms with E-state index in [9.17, 15) is 9.59 Å². The van der Waals surface area contributed by atoms with Gasteiger partial charge in [-0.3, -0.25) is 9.59 Å². The molecule has 3 rings (SSSR count). The van der Waals surface area contributed by atoms with E-state index in [0.717, 1.165) is 16.8 Å². The lowest BCUT2D eigenvalue weighted by molar-refractivity contribution is -0.116. The van der Waals surface area contributed by atoms with Crippen LogP contribution in [0.4, 0.5) is 11.4 Å². The van der Waals surface area contributed by atoms with Gasteiger partial charge < -0.3 is 16.0 Å². The number of nitrogens with one attached hydrogen (secondary N) is 1. The van der Waals surface area contributed by atoms with Crippen molar-refractivity contribution in [1.29, 1.82) is 0 Å². The van der Waals surface area contributed by atoms with Crippen molar-refractivity contribution >= 4 is 23.2 Å². The van der Waals surface area contributed by atoms with Gasteiger partial charge in [0.15, 0.2) is 0 Å². The molecular weight excluding hydrogens is 350 g/mol. The molecule has 28 heavy (non-hydrogen) atoms. The Labute approximate surface area is 164 Å². The molecule has 0 unspecified atom stereocenters. The van der Waals surface area contributed by atoms with Crippen LogP contribution in [0.2, 0.25) is 0 Å². The van der Waals surface area contributed by atoms with Crippen LogP contribution >= 0.6 is 0 Å². The number of rotatable bonds is 7. The minimum absolute atomic E-state index is 0.0872. The van der Waals surface area contributed by atoms with Gasteiger partial charge in [0.1, 0.15) is 0 Å². The maximum absolute atomic E-state index is 12.3. The summed E-state index contributed by atoms with van der Waals surface area (Å²) in [7, 11) is 1.98. The zero-order valence-electron chi connectivity index (χ0n) is 15.8. The van der Waals surface area contributed by atoms with Crippen molar-refractivity contribution in [3.05, 3.63) is 84.4 Å². The normalized spacial score (nSPS) is 10.3. The van der Waals surface area contributed by atoms with Crippen LogP contribution < -0.4 is 16.0 Å². The summed E-state index contributed by atoms with van der Waals surface area (Å²) in [5.74, 6) is -0.576. The van der Waals surface area contributed by atoms with E-state index in [0.29, 0.717) is 24.2 Å². The largest absolute Gasteiger partial charge is 0.374 e. The molecule has 0 aliphatic rings. The highest BCUT2D eigenvalue weighted by Crippen LogP contribution is 2.29. The molecule has 5 nitrogen and oxygen atoms in total. The topological polar surface area (TPSA) is 75.4 Å². The van der Waals surface area contributed by atoms with Crippen molar-refractivity contribution in [2.24, 2.45) is 5.73 Å². The number of nitrogens with two attached hydrogens (primary N) is 1. The Bertz CT molecular complexity index is 953. The maximum atomic E-state index is 12.3. The third-order valence-electron chi connectivity index (χ3n) is 4.53. The van der Waals surface area contributed by atoms with Gasteiger partial charge in [-0.1, -0.05) is 48.5 Å². The predicted octanol–water partition coefficient (Wildman–Crippen LogP) is 3.92. The van der Waals surface area contributed by atoms with Crippen LogP contribution in [0, 0.1) is 0 Å². The highest BCUT2D eigenvalue weighted by atomic mass is 16.2. The first kappa shape index (κ1) is 19.2. The third-order valence-corrected chi connectivity index (χ3v) is 4.53. The molecule has 5 heteroatoms. The summed E-state index contributed by atoms with van der Waals surface area (Å²) >= 11 is 0. The molecule has 3 aromatic carbocycles. The molecule has 2 amide bonds. The van der Waals surface area contributed by atoms with E-state index in [1.54, 1.807) is 24.3 Å². The molecule has 3 N–H and O–H groups in total. The zero-order chi connectivity index (χ0) is 19.9.